The first-order chi connectivity index (χ1) is 36.5. The van der Waals surface area contributed by atoms with Gasteiger partial charge in [0, 0.05) is 6.42 Å². The summed E-state index contributed by atoms with van der Waals surface area (Å²) in [6.07, 6.45) is 73.2. The molecule has 75 heavy (non-hydrogen) atoms. The van der Waals surface area contributed by atoms with E-state index in [-0.39, 0.29) is 19.1 Å². The number of allylic oxidation sites excluding steroid dienone is 1. The van der Waals surface area contributed by atoms with Gasteiger partial charge in [0.25, 0.3) is 7.82 Å². The predicted molar refractivity (Wildman–Crippen MR) is 326 cm³/mol. The summed E-state index contributed by atoms with van der Waals surface area (Å²) in [5, 5.41) is 14.0. The molecule has 0 radical (unpaired) electrons. The van der Waals surface area contributed by atoms with Crippen molar-refractivity contribution in [2.75, 3.05) is 40.9 Å². The first-order valence-corrected chi connectivity index (χ1v) is 35.0. The normalized spacial score (nSPS) is 13.7. The summed E-state index contributed by atoms with van der Waals surface area (Å²) in [7, 11) is 1.28. The third-order valence-electron chi connectivity index (χ3n) is 15.7. The molecule has 0 aromatic carbocycles. The van der Waals surface area contributed by atoms with Crippen LogP contribution in [0, 0.1) is 0 Å². The van der Waals surface area contributed by atoms with Crippen molar-refractivity contribution in [2.24, 2.45) is 0 Å². The van der Waals surface area contributed by atoms with E-state index in [9.17, 15) is 19.4 Å². The van der Waals surface area contributed by atoms with E-state index >= 15 is 0 Å². The van der Waals surface area contributed by atoms with Crippen LogP contribution in [0.1, 0.15) is 354 Å². The van der Waals surface area contributed by atoms with Gasteiger partial charge in [0.2, 0.25) is 5.91 Å². The maximum absolute atomic E-state index is 13.0. The molecule has 0 spiro atoms. The fourth-order valence-corrected chi connectivity index (χ4v) is 11.2. The van der Waals surface area contributed by atoms with Crippen LogP contribution in [0.25, 0.3) is 0 Å². The van der Waals surface area contributed by atoms with Crippen LogP contribution in [0.5, 0.6) is 0 Å². The highest BCUT2D eigenvalue weighted by atomic mass is 31.2. The summed E-state index contributed by atoms with van der Waals surface area (Å²) in [5.41, 5.74) is 0. The third kappa shape index (κ3) is 60.7. The van der Waals surface area contributed by atoms with Crippen molar-refractivity contribution in [3.05, 3.63) is 12.2 Å². The van der Waals surface area contributed by atoms with E-state index in [0.29, 0.717) is 17.4 Å². The zero-order chi connectivity index (χ0) is 54.9. The number of quaternary nitrogens is 1. The zero-order valence-corrected chi connectivity index (χ0v) is 52.2. The molecule has 3 unspecified atom stereocenters. The average molecular weight is 1080 g/mol. The van der Waals surface area contributed by atoms with Crippen LogP contribution in [0.3, 0.4) is 0 Å². The minimum absolute atomic E-state index is 0.00293. The van der Waals surface area contributed by atoms with Crippen LogP contribution in [-0.2, 0) is 18.4 Å². The average Bonchev–Trinajstić information content (AvgIpc) is 3.37. The van der Waals surface area contributed by atoms with Crippen LogP contribution in [0.15, 0.2) is 12.2 Å². The Morgan fingerprint density at radius 1 is 0.453 bits per heavy atom. The van der Waals surface area contributed by atoms with Crippen LogP contribution in [0.4, 0.5) is 0 Å². The van der Waals surface area contributed by atoms with E-state index in [0.717, 1.165) is 38.5 Å². The Kier molecular flexibility index (Phi) is 57.3. The Labute approximate surface area is 469 Å². The number of amides is 1. The molecule has 1 amide bonds. The van der Waals surface area contributed by atoms with E-state index in [4.69, 9.17) is 9.05 Å². The second-order valence-electron chi connectivity index (χ2n) is 24.5. The van der Waals surface area contributed by atoms with Gasteiger partial charge in [0.15, 0.2) is 0 Å². The molecule has 8 nitrogen and oxygen atoms in total. The molecule has 0 aliphatic carbocycles. The minimum atomic E-state index is -4.60. The van der Waals surface area contributed by atoms with Gasteiger partial charge in [0.1, 0.15) is 13.2 Å². The number of nitrogens with zero attached hydrogens (tertiary/aromatic N) is 1. The lowest BCUT2D eigenvalue weighted by Crippen LogP contribution is -2.45. The topological polar surface area (TPSA) is 108 Å². The Bertz CT molecular complexity index is 1230. The Morgan fingerprint density at radius 2 is 0.720 bits per heavy atom. The van der Waals surface area contributed by atoms with E-state index < -0.39 is 20.0 Å². The molecule has 0 bridgehead atoms. The molecule has 9 heteroatoms. The maximum Gasteiger partial charge on any atom is 0.268 e. The second kappa shape index (κ2) is 57.9. The van der Waals surface area contributed by atoms with Gasteiger partial charge in [-0.3, -0.25) is 9.36 Å². The van der Waals surface area contributed by atoms with E-state index in [1.165, 1.54) is 295 Å². The van der Waals surface area contributed by atoms with Crippen LogP contribution < -0.4 is 10.2 Å². The highest BCUT2D eigenvalue weighted by Crippen LogP contribution is 2.38. The third-order valence-corrected chi connectivity index (χ3v) is 16.7. The monoisotopic (exact) mass is 1080 g/mol. The first kappa shape index (κ1) is 74.2. The molecular weight excluding hydrogens is 948 g/mol. The van der Waals surface area contributed by atoms with Crippen molar-refractivity contribution in [1.82, 2.24) is 5.32 Å². The minimum Gasteiger partial charge on any atom is -0.756 e. The van der Waals surface area contributed by atoms with Crippen molar-refractivity contribution in [1.29, 1.82) is 0 Å². The Morgan fingerprint density at radius 3 is 1.00 bits per heavy atom. The lowest BCUT2D eigenvalue weighted by Gasteiger charge is -2.29. The van der Waals surface area contributed by atoms with Gasteiger partial charge in [-0.15, -0.1) is 0 Å². The number of carbonyl (C=O) groups is 1. The summed E-state index contributed by atoms with van der Waals surface area (Å²) in [6, 6.07) is -0.883. The number of rotatable bonds is 63. The smallest absolute Gasteiger partial charge is 0.268 e. The summed E-state index contributed by atoms with van der Waals surface area (Å²) < 4.78 is 23.4. The molecule has 3 atom stereocenters. The molecule has 2 N–H and O–H groups in total. The lowest BCUT2D eigenvalue weighted by molar-refractivity contribution is -0.870. The highest BCUT2D eigenvalue weighted by molar-refractivity contribution is 7.45. The van der Waals surface area contributed by atoms with Crippen LogP contribution in [0.2, 0.25) is 0 Å². The number of nitrogens with one attached hydrogen (secondary N) is 1. The summed E-state index contributed by atoms with van der Waals surface area (Å²) in [5.74, 6) is -0.188. The van der Waals surface area contributed by atoms with Gasteiger partial charge in [0.05, 0.1) is 39.9 Å². The van der Waals surface area contributed by atoms with Crippen molar-refractivity contribution in [2.45, 2.75) is 366 Å². The molecule has 0 aromatic heterocycles. The standard InChI is InChI=1S/C66H133N2O6P/c1-6-8-10-12-14-16-18-20-22-24-26-28-30-31-32-33-34-35-36-37-38-39-41-43-45-47-49-51-53-55-57-59-65(69)64(63-74-75(71,72)73-62-61-68(3,4)5)67-66(70)60-58-56-54-52-50-48-46-44-42-40-29-27-25-23-21-19-17-15-13-11-9-7-2/h57,59,64-65,69H,6-56,58,60-63H2,1-5H3,(H-,67,70,71,72)/b59-57+. The van der Waals surface area contributed by atoms with Gasteiger partial charge in [-0.05, 0) is 19.3 Å². The Hall–Kier alpha value is -0.760. The predicted octanol–water partition coefficient (Wildman–Crippen LogP) is 20.3. The number of hydrogen-bond donors (Lipinski definition) is 2. The summed E-state index contributed by atoms with van der Waals surface area (Å²) in [4.78, 5) is 25.6. The maximum atomic E-state index is 13.0. The number of phosphoric ester groups is 1. The van der Waals surface area contributed by atoms with Gasteiger partial charge >= 0.3 is 0 Å². The van der Waals surface area contributed by atoms with Crippen molar-refractivity contribution < 1.29 is 32.9 Å². The number of unbranched alkanes of at least 4 members (excludes halogenated alkanes) is 50. The van der Waals surface area contributed by atoms with Gasteiger partial charge in [-0.1, -0.05) is 341 Å². The molecule has 0 saturated heterocycles. The number of likely N-dealkylation sites (N-methyl/N-ethyl adjacent to an activating group) is 1. The molecule has 448 valence electrons. The van der Waals surface area contributed by atoms with Crippen LogP contribution in [-0.4, -0.2) is 68.5 Å². The molecule has 0 aromatic rings. The van der Waals surface area contributed by atoms with E-state index in [2.05, 4.69) is 19.2 Å². The first-order valence-electron chi connectivity index (χ1n) is 33.6. The van der Waals surface area contributed by atoms with E-state index in [1.54, 1.807) is 6.08 Å². The lowest BCUT2D eigenvalue weighted by atomic mass is 10.0. The van der Waals surface area contributed by atoms with Gasteiger partial charge in [-0.2, -0.15) is 0 Å². The number of aliphatic hydroxyl groups is 1. The van der Waals surface area contributed by atoms with Crippen molar-refractivity contribution in [3.8, 4) is 0 Å². The summed E-state index contributed by atoms with van der Waals surface area (Å²) >= 11 is 0. The SMILES string of the molecule is CCCCCCCCCCCCCCCCCCCCCCCCCCCCCCC/C=C/C(O)C(COP(=O)([O-])OCC[N+](C)(C)C)NC(=O)CCCCCCCCCCCCCCCCCCCCCCCC. The fourth-order valence-electron chi connectivity index (χ4n) is 10.5. The number of hydrogen-bond acceptors (Lipinski definition) is 6. The largest absolute Gasteiger partial charge is 0.756 e. The van der Waals surface area contributed by atoms with Crippen LogP contribution >= 0.6 is 7.82 Å². The Balaban J connectivity index is 4.05. The number of carbonyl (C=O) groups excluding carboxylic acids is 1. The van der Waals surface area contributed by atoms with Gasteiger partial charge in [-0.25, -0.2) is 0 Å². The number of aliphatic hydroxyl groups excluding tert-OH is 1. The molecular formula is C66H133N2O6P. The van der Waals surface area contributed by atoms with Crippen molar-refractivity contribution in [3.63, 3.8) is 0 Å². The van der Waals surface area contributed by atoms with Crippen molar-refractivity contribution >= 4 is 13.7 Å². The quantitative estimate of drug-likeness (QED) is 0.0272. The number of phosphoric acid groups is 1. The zero-order valence-electron chi connectivity index (χ0n) is 51.3. The van der Waals surface area contributed by atoms with Gasteiger partial charge < -0.3 is 28.8 Å². The molecule has 0 rings (SSSR count). The summed E-state index contributed by atoms with van der Waals surface area (Å²) in [6.45, 7) is 4.72. The molecule has 0 fully saturated rings. The van der Waals surface area contributed by atoms with E-state index in [1.807, 2.05) is 27.2 Å². The fraction of sp³-hybridized carbons (Fsp3) is 0.955. The second-order valence-corrected chi connectivity index (χ2v) is 26.0. The highest BCUT2D eigenvalue weighted by Gasteiger charge is 2.23. The molecule has 0 heterocycles. The molecule has 0 saturated carbocycles. The molecule has 0 aliphatic heterocycles. The molecule has 0 aliphatic rings.